The minimum Gasteiger partial charge on any atom is -0.373 e. The summed E-state index contributed by atoms with van der Waals surface area (Å²) in [7, 11) is 3.06. The van der Waals surface area contributed by atoms with Gasteiger partial charge in [0.1, 0.15) is 23.0 Å². The van der Waals surface area contributed by atoms with Crippen molar-refractivity contribution < 1.29 is 22.7 Å². The van der Waals surface area contributed by atoms with E-state index in [9.17, 15) is 13.6 Å². The fourth-order valence-electron chi connectivity index (χ4n) is 4.11. The van der Waals surface area contributed by atoms with Gasteiger partial charge in [-0.3, -0.25) is 9.78 Å². The van der Waals surface area contributed by atoms with E-state index in [0.717, 1.165) is 25.0 Å². The number of rotatable bonds is 4. The topological polar surface area (TPSA) is 55.3 Å². The summed E-state index contributed by atoms with van der Waals surface area (Å²) >= 11 is 0. The average Bonchev–Trinajstić information content (AvgIpc) is 2.79. The first-order chi connectivity index (χ1) is 15.8. The first-order valence-electron chi connectivity index (χ1n) is 10.7. The molecule has 1 aromatic carbocycles. The van der Waals surface area contributed by atoms with Crippen LogP contribution in [-0.2, 0) is 4.74 Å². The van der Waals surface area contributed by atoms with Gasteiger partial charge in [-0.05, 0) is 49.9 Å². The molecule has 1 fully saturated rings. The van der Waals surface area contributed by atoms with Crippen molar-refractivity contribution >= 4 is 5.91 Å². The highest BCUT2D eigenvalue weighted by molar-refractivity contribution is 6.00. The maximum Gasteiger partial charge on any atom is 0.272 e. The highest BCUT2D eigenvalue weighted by atomic mass is 19.1. The van der Waals surface area contributed by atoms with Crippen LogP contribution in [0.3, 0.4) is 0 Å². The van der Waals surface area contributed by atoms with Crippen LogP contribution in [0.4, 0.5) is 13.2 Å². The Balaban J connectivity index is 2.11. The summed E-state index contributed by atoms with van der Waals surface area (Å²) in [6.45, 7) is 1.95. The van der Waals surface area contributed by atoms with Crippen molar-refractivity contribution in [1.82, 2.24) is 14.9 Å². The molecule has 1 saturated heterocycles. The van der Waals surface area contributed by atoms with E-state index in [-0.39, 0.29) is 16.8 Å². The zero-order valence-corrected chi connectivity index (χ0v) is 18.7. The van der Waals surface area contributed by atoms with Crippen molar-refractivity contribution in [3.63, 3.8) is 0 Å². The summed E-state index contributed by atoms with van der Waals surface area (Å²) < 4.78 is 51.8. The van der Waals surface area contributed by atoms with Crippen LogP contribution in [0.2, 0.25) is 0 Å². The molecule has 1 amide bonds. The van der Waals surface area contributed by atoms with Crippen LogP contribution in [0.25, 0.3) is 22.4 Å². The molecular formula is C25H24F3N3O2. The Morgan fingerprint density at radius 1 is 1.12 bits per heavy atom. The van der Waals surface area contributed by atoms with E-state index in [1.54, 1.807) is 18.3 Å². The van der Waals surface area contributed by atoms with Crippen molar-refractivity contribution in [3.05, 3.63) is 70.9 Å². The van der Waals surface area contributed by atoms with Gasteiger partial charge in [0.15, 0.2) is 5.82 Å². The van der Waals surface area contributed by atoms with Crippen LogP contribution in [0, 0.1) is 24.4 Å². The van der Waals surface area contributed by atoms with Crippen LogP contribution in [0.15, 0.2) is 36.7 Å². The Morgan fingerprint density at radius 2 is 1.85 bits per heavy atom. The van der Waals surface area contributed by atoms with Crippen LogP contribution in [0.5, 0.6) is 0 Å². The molecule has 1 aliphatic rings. The smallest absolute Gasteiger partial charge is 0.272 e. The number of hydrogen-bond acceptors (Lipinski definition) is 4. The predicted octanol–water partition coefficient (Wildman–Crippen LogP) is 5.48. The van der Waals surface area contributed by atoms with Crippen molar-refractivity contribution in [2.75, 3.05) is 20.7 Å². The molecule has 2 aromatic heterocycles. The molecule has 0 bridgehead atoms. The lowest BCUT2D eigenvalue weighted by Gasteiger charge is -2.28. The van der Waals surface area contributed by atoms with Crippen LogP contribution in [-0.4, -0.2) is 41.5 Å². The van der Waals surface area contributed by atoms with Gasteiger partial charge in [-0.2, -0.15) is 0 Å². The number of halogens is 3. The average molecular weight is 455 g/mol. The largest absolute Gasteiger partial charge is 0.373 e. The van der Waals surface area contributed by atoms with Gasteiger partial charge in [-0.1, -0.05) is 6.07 Å². The second kappa shape index (κ2) is 9.31. The molecule has 1 atom stereocenters. The molecule has 0 N–H and O–H groups in total. The SMILES string of the molecule is Cc1cc(F)c(-c2nc(C(=O)N(C)C)c(-c3cccnc3)c(C3CCCCO3)c2F)c(F)c1. The van der Waals surface area contributed by atoms with E-state index in [0.29, 0.717) is 24.2 Å². The maximum absolute atomic E-state index is 16.2. The van der Waals surface area contributed by atoms with Gasteiger partial charge in [0, 0.05) is 49.8 Å². The van der Waals surface area contributed by atoms with Gasteiger partial charge in [-0.15, -0.1) is 0 Å². The zero-order valence-electron chi connectivity index (χ0n) is 18.7. The molecule has 1 unspecified atom stereocenters. The molecule has 5 nitrogen and oxygen atoms in total. The third kappa shape index (κ3) is 4.35. The molecule has 172 valence electrons. The molecule has 1 aliphatic heterocycles. The van der Waals surface area contributed by atoms with Crippen molar-refractivity contribution in [1.29, 1.82) is 0 Å². The summed E-state index contributed by atoms with van der Waals surface area (Å²) in [6.07, 6.45) is 4.48. The minimum absolute atomic E-state index is 0.0669. The molecule has 3 heterocycles. The van der Waals surface area contributed by atoms with Gasteiger partial charge in [0.25, 0.3) is 5.91 Å². The van der Waals surface area contributed by atoms with Gasteiger partial charge in [0.05, 0.1) is 11.7 Å². The molecular weight excluding hydrogens is 431 g/mol. The molecule has 0 spiro atoms. The second-order valence-corrected chi connectivity index (χ2v) is 8.31. The Kier molecular flexibility index (Phi) is 6.47. The predicted molar refractivity (Wildman–Crippen MR) is 118 cm³/mol. The fourth-order valence-corrected chi connectivity index (χ4v) is 4.11. The number of hydrogen-bond donors (Lipinski definition) is 0. The first kappa shape index (κ1) is 22.9. The van der Waals surface area contributed by atoms with Crippen LogP contribution in [0.1, 0.15) is 47.0 Å². The van der Waals surface area contributed by atoms with Gasteiger partial charge in [-0.25, -0.2) is 18.2 Å². The number of pyridine rings is 2. The summed E-state index contributed by atoms with van der Waals surface area (Å²) in [4.78, 5) is 22.8. The number of carbonyl (C=O) groups is 1. The van der Waals surface area contributed by atoms with Crippen molar-refractivity contribution in [2.24, 2.45) is 0 Å². The standard InChI is InChI=1S/C25H24F3N3O2/c1-14-11-16(26)20(17(27)12-14)23-22(28)21(18-8-4-5-10-33-18)19(15-7-6-9-29-13-15)24(30-23)25(32)31(2)3/h6-7,9,11-13,18H,4-5,8,10H2,1-3H3. The first-order valence-corrected chi connectivity index (χ1v) is 10.7. The molecule has 33 heavy (non-hydrogen) atoms. The Labute approximate surface area is 190 Å². The number of aromatic nitrogens is 2. The molecule has 0 radical (unpaired) electrons. The molecule has 3 aromatic rings. The van der Waals surface area contributed by atoms with E-state index in [1.165, 1.54) is 32.1 Å². The Morgan fingerprint density at radius 3 is 2.42 bits per heavy atom. The van der Waals surface area contributed by atoms with Crippen molar-refractivity contribution in [2.45, 2.75) is 32.3 Å². The zero-order chi connectivity index (χ0) is 23.7. The lowest BCUT2D eigenvalue weighted by Crippen LogP contribution is -2.26. The van der Waals surface area contributed by atoms with Crippen LogP contribution >= 0.6 is 0 Å². The van der Waals surface area contributed by atoms with Crippen LogP contribution < -0.4 is 0 Å². The molecule has 0 saturated carbocycles. The number of benzene rings is 1. The number of nitrogens with zero attached hydrogens (tertiary/aromatic N) is 3. The van der Waals surface area contributed by atoms with E-state index in [2.05, 4.69) is 9.97 Å². The third-order valence-electron chi connectivity index (χ3n) is 5.66. The number of carbonyl (C=O) groups excluding carboxylic acids is 1. The maximum atomic E-state index is 16.2. The quantitative estimate of drug-likeness (QED) is 0.523. The Hall–Kier alpha value is -3.26. The normalized spacial score (nSPS) is 16.0. The third-order valence-corrected chi connectivity index (χ3v) is 5.66. The van der Waals surface area contributed by atoms with E-state index < -0.39 is 40.7 Å². The number of ether oxygens (including phenoxy) is 1. The summed E-state index contributed by atoms with van der Waals surface area (Å²) in [5.74, 6) is -3.34. The van der Waals surface area contributed by atoms with E-state index in [4.69, 9.17) is 4.74 Å². The highest BCUT2D eigenvalue weighted by Crippen LogP contribution is 2.42. The van der Waals surface area contributed by atoms with E-state index in [1.807, 2.05) is 0 Å². The number of amides is 1. The molecule has 8 heteroatoms. The number of aryl methyl sites for hydroxylation is 1. The lowest BCUT2D eigenvalue weighted by molar-refractivity contribution is 0.0131. The summed E-state index contributed by atoms with van der Waals surface area (Å²) in [5.41, 5.74) is -0.169. The minimum atomic E-state index is -0.952. The second-order valence-electron chi connectivity index (χ2n) is 8.31. The van der Waals surface area contributed by atoms with Gasteiger partial charge >= 0.3 is 0 Å². The molecule has 4 rings (SSSR count). The summed E-state index contributed by atoms with van der Waals surface area (Å²) in [5, 5.41) is 0. The molecule has 0 aliphatic carbocycles. The highest BCUT2D eigenvalue weighted by Gasteiger charge is 2.33. The van der Waals surface area contributed by atoms with Crippen molar-refractivity contribution in [3.8, 4) is 22.4 Å². The Bertz CT molecular complexity index is 1170. The summed E-state index contributed by atoms with van der Waals surface area (Å²) in [6, 6.07) is 5.57. The van der Waals surface area contributed by atoms with E-state index >= 15 is 4.39 Å². The van der Waals surface area contributed by atoms with Gasteiger partial charge in [0.2, 0.25) is 0 Å². The lowest BCUT2D eigenvalue weighted by atomic mass is 9.89. The van der Waals surface area contributed by atoms with Gasteiger partial charge < -0.3 is 9.64 Å². The fraction of sp³-hybridized carbons (Fsp3) is 0.320. The monoisotopic (exact) mass is 455 g/mol.